The number of Topliss-reactive ketones (excluding diaryl/α,β-unsaturated/α-hetero) is 1. The van der Waals surface area contributed by atoms with Crippen molar-refractivity contribution in [1.29, 1.82) is 0 Å². The van der Waals surface area contributed by atoms with Crippen LogP contribution in [0.5, 0.6) is 0 Å². The topological polar surface area (TPSA) is 29.1 Å². The monoisotopic (exact) mass is 287 g/mol. The van der Waals surface area contributed by atoms with E-state index in [1.807, 2.05) is 24.3 Å². The third kappa shape index (κ3) is 2.36. The highest BCUT2D eigenvalue weighted by Gasteiger charge is 2.29. The Labute approximate surface area is 121 Å². The lowest BCUT2D eigenvalue weighted by Gasteiger charge is -2.25. The van der Waals surface area contributed by atoms with Crippen molar-refractivity contribution < 1.29 is 13.6 Å². The minimum atomic E-state index is -1.05. The number of benzene rings is 2. The van der Waals surface area contributed by atoms with E-state index in [1.54, 1.807) is 0 Å². The molecule has 4 heteroatoms. The molecule has 2 nitrogen and oxygen atoms in total. The van der Waals surface area contributed by atoms with Crippen LogP contribution in [0.1, 0.15) is 33.0 Å². The van der Waals surface area contributed by atoms with Gasteiger partial charge in [0.2, 0.25) is 0 Å². The molecule has 2 aromatic rings. The van der Waals surface area contributed by atoms with Crippen LogP contribution < -0.4 is 5.32 Å². The zero-order chi connectivity index (χ0) is 15.0. The fourth-order valence-corrected chi connectivity index (χ4v) is 2.75. The third-order valence-corrected chi connectivity index (χ3v) is 3.95. The van der Waals surface area contributed by atoms with E-state index in [1.165, 1.54) is 19.1 Å². The molecule has 0 saturated carbocycles. The molecule has 0 amide bonds. The molecular formula is C17H15F2NO. The number of ketones is 1. The van der Waals surface area contributed by atoms with E-state index in [-0.39, 0.29) is 16.9 Å². The number of carbonyl (C=O) groups is 1. The third-order valence-electron chi connectivity index (χ3n) is 3.95. The predicted molar refractivity (Wildman–Crippen MR) is 76.3 cm³/mol. The van der Waals surface area contributed by atoms with Gasteiger partial charge in [-0.05, 0) is 29.7 Å². The number of hydrogen-bond acceptors (Lipinski definition) is 2. The van der Waals surface area contributed by atoms with Gasteiger partial charge in [-0.3, -0.25) is 4.79 Å². The molecule has 21 heavy (non-hydrogen) atoms. The summed E-state index contributed by atoms with van der Waals surface area (Å²) in [7, 11) is 0. The van der Waals surface area contributed by atoms with Gasteiger partial charge in [-0.1, -0.05) is 30.3 Å². The molecule has 1 heterocycles. The van der Waals surface area contributed by atoms with Crippen LogP contribution in [0.3, 0.4) is 0 Å². The molecule has 3 rings (SSSR count). The van der Waals surface area contributed by atoms with Crippen LogP contribution in [0, 0.1) is 18.6 Å². The second-order valence-electron chi connectivity index (χ2n) is 5.30. The van der Waals surface area contributed by atoms with Crippen molar-refractivity contribution in [2.75, 3.05) is 6.54 Å². The molecular weight excluding hydrogens is 272 g/mol. The van der Waals surface area contributed by atoms with Crippen LogP contribution in [0.25, 0.3) is 0 Å². The number of aryl methyl sites for hydroxylation is 1. The van der Waals surface area contributed by atoms with Crippen molar-refractivity contribution in [2.24, 2.45) is 0 Å². The summed E-state index contributed by atoms with van der Waals surface area (Å²) in [6.45, 7) is 2.60. The lowest BCUT2D eigenvalue weighted by molar-refractivity contribution is 0.0950. The SMILES string of the molecule is Cc1ccc(C(=O)C2CNCc3ccccc32)c(F)c1F. The van der Waals surface area contributed by atoms with Crippen LogP contribution in [0.2, 0.25) is 0 Å². The largest absolute Gasteiger partial charge is 0.312 e. The first-order chi connectivity index (χ1) is 10.1. The number of halogens is 2. The Morgan fingerprint density at radius 2 is 1.90 bits per heavy atom. The average molecular weight is 287 g/mol. The van der Waals surface area contributed by atoms with Gasteiger partial charge in [-0.15, -0.1) is 0 Å². The number of hydrogen-bond donors (Lipinski definition) is 1. The summed E-state index contributed by atoms with van der Waals surface area (Å²) in [5, 5.41) is 3.15. The van der Waals surface area contributed by atoms with E-state index >= 15 is 0 Å². The first-order valence-electron chi connectivity index (χ1n) is 6.87. The molecule has 0 spiro atoms. The maximum Gasteiger partial charge on any atom is 0.174 e. The van der Waals surface area contributed by atoms with Crippen LogP contribution >= 0.6 is 0 Å². The maximum atomic E-state index is 14.0. The minimum Gasteiger partial charge on any atom is -0.312 e. The smallest absolute Gasteiger partial charge is 0.174 e. The van der Waals surface area contributed by atoms with E-state index in [0.29, 0.717) is 13.1 Å². The Hall–Kier alpha value is -2.07. The Bertz CT molecular complexity index is 712. The second kappa shape index (κ2) is 5.37. The van der Waals surface area contributed by atoms with Crippen molar-refractivity contribution in [3.05, 3.63) is 70.3 Å². The second-order valence-corrected chi connectivity index (χ2v) is 5.30. The van der Waals surface area contributed by atoms with Gasteiger partial charge in [0, 0.05) is 13.1 Å². The van der Waals surface area contributed by atoms with Crippen LogP contribution in [-0.2, 0) is 6.54 Å². The van der Waals surface area contributed by atoms with E-state index in [0.717, 1.165) is 11.1 Å². The Kier molecular flexibility index (Phi) is 3.55. The van der Waals surface area contributed by atoms with Crippen molar-refractivity contribution in [3.8, 4) is 0 Å². The molecule has 0 aliphatic carbocycles. The number of carbonyl (C=O) groups excluding carboxylic acids is 1. The Balaban J connectivity index is 2.03. The van der Waals surface area contributed by atoms with Crippen LogP contribution in [-0.4, -0.2) is 12.3 Å². The zero-order valence-electron chi connectivity index (χ0n) is 11.6. The molecule has 1 unspecified atom stereocenters. The summed E-state index contributed by atoms with van der Waals surface area (Å²) in [6, 6.07) is 10.4. The summed E-state index contributed by atoms with van der Waals surface area (Å²) >= 11 is 0. The fraction of sp³-hybridized carbons (Fsp3) is 0.235. The number of fused-ring (bicyclic) bond motifs is 1. The molecule has 1 aliphatic heterocycles. The molecule has 0 radical (unpaired) electrons. The normalized spacial score (nSPS) is 17.4. The van der Waals surface area contributed by atoms with Crippen molar-refractivity contribution >= 4 is 5.78 Å². The first kappa shape index (κ1) is 13.9. The molecule has 1 aliphatic rings. The van der Waals surface area contributed by atoms with Gasteiger partial charge in [0.15, 0.2) is 17.4 Å². The van der Waals surface area contributed by atoms with Gasteiger partial charge >= 0.3 is 0 Å². The highest BCUT2D eigenvalue weighted by Crippen LogP contribution is 2.28. The first-order valence-corrected chi connectivity index (χ1v) is 6.87. The molecule has 0 fully saturated rings. The summed E-state index contributed by atoms with van der Waals surface area (Å²) in [4.78, 5) is 12.6. The lowest BCUT2D eigenvalue weighted by atomic mass is 9.85. The highest BCUT2D eigenvalue weighted by atomic mass is 19.2. The summed E-state index contributed by atoms with van der Waals surface area (Å²) < 4.78 is 27.7. The van der Waals surface area contributed by atoms with Gasteiger partial charge in [0.05, 0.1) is 11.5 Å². The van der Waals surface area contributed by atoms with E-state index in [4.69, 9.17) is 0 Å². The molecule has 1 N–H and O–H groups in total. The number of nitrogens with one attached hydrogen (secondary N) is 1. The molecule has 108 valence electrons. The molecule has 0 bridgehead atoms. The summed E-state index contributed by atoms with van der Waals surface area (Å²) in [5.41, 5.74) is 1.93. The minimum absolute atomic E-state index is 0.179. The summed E-state index contributed by atoms with van der Waals surface area (Å²) in [6.07, 6.45) is 0. The molecule has 1 atom stereocenters. The van der Waals surface area contributed by atoms with Crippen LogP contribution in [0.4, 0.5) is 8.78 Å². The molecule has 2 aromatic carbocycles. The predicted octanol–water partition coefficient (Wildman–Crippen LogP) is 3.34. The maximum absolute atomic E-state index is 14.0. The molecule has 0 saturated heterocycles. The van der Waals surface area contributed by atoms with Gasteiger partial charge in [0.25, 0.3) is 0 Å². The van der Waals surface area contributed by atoms with Crippen molar-refractivity contribution in [3.63, 3.8) is 0 Å². The zero-order valence-corrected chi connectivity index (χ0v) is 11.6. The Morgan fingerprint density at radius 3 is 2.71 bits per heavy atom. The highest BCUT2D eigenvalue weighted by molar-refractivity contribution is 6.01. The van der Waals surface area contributed by atoms with E-state index < -0.39 is 17.6 Å². The van der Waals surface area contributed by atoms with Crippen molar-refractivity contribution in [2.45, 2.75) is 19.4 Å². The van der Waals surface area contributed by atoms with Gasteiger partial charge in [-0.2, -0.15) is 0 Å². The van der Waals surface area contributed by atoms with E-state index in [2.05, 4.69) is 5.32 Å². The fourth-order valence-electron chi connectivity index (χ4n) is 2.75. The lowest BCUT2D eigenvalue weighted by Crippen LogP contribution is -2.33. The van der Waals surface area contributed by atoms with Gasteiger partial charge < -0.3 is 5.32 Å². The van der Waals surface area contributed by atoms with E-state index in [9.17, 15) is 13.6 Å². The Morgan fingerprint density at radius 1 is 1.14 bits per heavy atom. The van der Waals surface area contributed by atoms with Crippen molar-refractivity contribution in [1.82, 2.24) is 5.32 Å². The van der Waals surface area contributed by atoms with Gasteiger partial charge in [0.1, 0.15) is 0 Å². The number of rotatable bonds is 2. The van der Waals surface area contributed by atoms with Gasteiger partial charge in [-0.25, -0.2) is 8.78 Å². The molecule has 0 aromatic heterocycles. The quantitative estimate of drug-likeness (QED) is 0.858. The summed E-state index contributed by atoms with van der Waals surface area (Å²) in [5.74, 6) is -2.86. The van der Waals surface area contributed by atoms with Crippen LogP contribution in [0.15, 0.2) is 36.4 Å². The average Bonchev–Trinajstić information content (AvgIpc) is 2.51. The standard InChI is InChI=1S/C17H15F2NO/c1-10-6-7-13(16(19)15(10)18)17(21)14-9-20-8-11-4-2-3-5-12(11)14/h2-7,14,20H,8-9H2,1H3.